The van der Waals surface area contributed by atoms with E-state index in [4.69, 9.17) is 0 Å². The van der Waals surface area contributed by atoms with Gasteiger partial charge < -0.3 is 5.32 Å². The van der Waals surface area contributed by atoms with E-state index >= 15 is 0 Å². The van der Waals surface area contributed by atoms with E-state index in [1.165, 1.54) is 16.9 Å². The second-order valence-corrected chi connectivity index (χ2v) is 8.67. The predicted molar refractivity (Wildman–Crippen MR) is 120 cm³/mol. The molecule has 2 heterocycles. The molecule has 5 rings (SSSR count). The lowest BCUT2D eigenvalue weighted by Gasteiger charge is -2.11. The van der Waals surface area contributed by atoms with Crippen molar-refractivity contribution in [2.75, 3.05) is 5.32 Å². The van der Waals surface area contributed by atoms with Gasteiger partial charge in [0.25, 0.3) is 11.5 Å². The van der Waals surface area contributed by atoms with E-state index in [1.54, 1.807) is 34.4 Å². The van der Waals surface area contributed by atoms with Crippen molar-refractivity contribution in [3.05, 3.63) is 92.8 Å². The third kappa shape index (κ3) is 3.55. The Morgan fingerprint density at radius 2 is 1.80 bits per heavy atom. The van der Waals surface area contributed by atoms with E-state index in [0.717, 1.165) is 40.7 Å². The molecule has 0 atom stereocenters. The zero-order chi connectivity index (χ0) is 20.5. The molecular formula is C24H21N3O2S. The largest absolute Gasteiger partial charge is 0.322 e. The van der Waals surface area contributed by atoms with Gasteiger partial charge in [-0.25, -0.2) is 4.98 Å². The predicted octanol–water partition coefficient (Wildman–Crippen LogP) is 4.64. The molecule has 150 valence electrons. The van der Waals surface area contributed by atoms with Crippen molar-refractivity contribution in [2.24, 2.45) is 0 Å². The van der Waals surface area contributed by atoms with Crippen LogP contribution < -0.4 is 10.9 Å². The van der Waals surface area contributed by atoms with Crippen LogP contribution in [0.5, 0.6) is 0 Å². The van der Waals surface area contributed by atoms with Gasteiger partial charge in [0.05, 0.1) is 18.3 Å². The minimum Gasteiger partial charge on any atom is -0.322 e. The Morgan fingerprint density at radius 3 is 2.60 bits per heavy atom. The number of rotatable bonds is 4. The summed E-state index contributed by atoms with van der Waals surface area (Å²) in [4.78, 5) is 32.3. The maximum atomic E-state index is 13.1. The average Bonchev–Trinajstić information content (AvgIpc) is 3.16. The van der Waals surface area contributed by atoms with E-state index in [1.807, 2.05) is 42.5 Å². The average molecular weight is 416 g/mol. The van der Waals surface area contributed by atoms with Crippen LogP contribution in [-0.2, 0) is 19.4 Å². The quantitative estimate of drug-likeness (QED) is 0.528. The monoisotopic (exact) mass is 415 g/mol. The number of amides is 1. The van der Waals surface area contributed by atoms with Crippen LogP contribution in [0.2, 0.25) is 0 Å². The molecule has 30 heavy (non-hydrogen) atoms. The summed E-state index contributed by atoms with van der Waals surface area (Å²) in [5, 5.41) is 3.68. The maximum Gasteiger partial charge on any atom is 0.262 e. The molecule has 0 saturated heterocycles. The number of para-hydroxylation sites is 1. The second-order valence-electron chi connectivity index (χ2n) is 7.59. The third-order valence-electron chi connectivity index (χ3n) is 5.54. The van der Waals surface area contributed by atoms with Gasteiger partial charge >= 0.3 is 0 Å². The molecule has 0 aliphatic heterocycles. The normalized spacial score (nSPS) is 13.2. The zero-order valence-corrected chi connectivity index (χ0v) is 17.2. The zero-order valence-electron chi connectivity index (χ0n) is 16.4. The second kappa shape index (κ2) is 7.88. The summed E-state index contributed by atoms with van der Waals surface area (Å²) in [6, 6.07) is 16.7. The molecule has 1 aliphatic rings. The number of benzene rings is 2. The van der Waals surface area contributed by atoms with E-state index in [-0.39, 0.29) is 11.5 Å². The lowest BCUT2D eigenvalue weighted by Crippen LogP contribution is -2.21. The molecule has 1 N–H and O–H groups in total. The van der Waals surface area contributed by atoms with Gasteiger partial charge in [-0.2, -0.15) is 0 Å². The number of hydrogen-bond donors (Lipinski definition) is 1. The number of anilines is 1. The van der Waals surface area contributed by atoms with Gasteiger partial charge in [-0.3, -0.25) is 14.2 Å². The summed E-state index contributed by atoms with van der Waals surface area (Å²) in [5.74, 6) is -0.155. The van der Waals surface area contributed by atoms with Crippen molar-refractivity contribution in [3.63, 3.8) is 0 Å². The topological polar surface area (TPSA) is 64.0 Å². The van der Waals surface area contributed by atoms with Crippen LogP contribution in [0.4, 0.5) is 5.69 Å². The van der Waals surface area contributed by atoms with Gasteiger partial charge in [-0.15, -0.1) is 11.3 Å². The number of hydrogen-bond acceptors (Lipinski definition) is 4. The van der Waals surface area contributed by atoms with Crippen LogP contribution in [0.25, 0.3) is 10.2 Å². The van der Waals surface area contributed by atoms with Crippen LogP contribution in [0.3, 0.4) is 0 Å². The Labute approximate surface area is 178 Å². The van der Waals surface area contributed by atoms with Gasteiger partial charge in [0, 0.05) is 16.1 Å². The highest BCUT2D eigenvalue weighted by atomic mass is 32.1. The van der Waals surface area contributed by atoms with E-state index < -0.39 is 0 Å². The van der Waals surface area contributed by atoms with Crippen LogP contribution >= 0.6 is 11.3 Å². The number of aromatic nitrogens is 2. The Hall–Kier alpha value is -3.25. The molecule has 2 aromatic heterocycles. The summed E-state index contributed by atoms with van der Waals surface area (Å²) < 4.78 is 1.67. The number of carbonyl (C=O) groups excluding carboxylic acids is 1. The standard InChI is InChI=1S/C24H21N3O2S/c28-22(26-18-6-2-1-3-7-18)17-12-10-16(11-13-17)14-27-15-25-23-21(24(27)29)19-8-4-5-9-20(19)30-23/h1-3,6-7,10-13,15H,4-5,8-9,14H2,(H,26,28). The van der Waals surface area contributed by atoms with Crippen LogP contribution in [0.15, 0.2) is 65.7 Å². The van der Waals surface area contributed by atoms with Crippen LogP contribution in [0, 0.1) is 0 Å². The van der Waals surface area contributed by atoms with Crippen molar-refractivity contribution in [2.45, 2.75) is 32.2 Å². The maximum absolute atomic E-state index is 13.1. The van der Waals surface area contributed by atoms with Crippen molar-refractivity contribution < 1.29 is 4.79 Å². The first-order chi connectivity index (χ1) is 14.7. The molecule has 4 aromatic rings. The van der Waals surface area contributed by atoms with E-state index in [2.05, 4.69) is 10.3 Å². The minimum absolute atomic E-state index is 0.0327. The number of nitrogens with one attached hydrogen (secondary N) is 1. The Balaban J connectivity index is 1.37. The van der Waals surface area contributed by atoms with Crippen LogP contribution in [-0.4, -0.2) is 15.5 Å². The van der Waals surface area contributed by atoms with Crippen molar-refractivity contribution in [1.29, 1.82) is 0 Å². The van der Waals surface area contributed by atoms with E-state index in [9.17, 15) is 9.59 Å². The molecule has 1 aliphatic carbocycles. The number of thiophene rings is 1. The molecule has 0 fully saturated rings. The van der Waals surface area contributed by atoms with Gasteiger partial charge in [0.15, 0.2) is 0 Å². The fraction of sp³-hybridized carbons (Fsp3) is 0.208. The SMILES string of the molecule is O=C(Nc1ccccc1)c1ccc(Cn2cnc3sc4c(c3c2=O)CCCC4)cc1. The van der Waals surface area contributed by atoms with Gasteiger partial charge in [0.2, 0.25) is 0 Å². The first-order valence-electron chi connectivity index (χ1n) is 10.1. The highest BCUT2D eigenvalue weighted by Gasteiger charge is 2.20. The van der Waals surface area contributed by atoms with Gasteiger partial charge in [-0.05, 0) is 61.1 Å². The number of carbonyl (C=O) groups is 1. The third-order valence-corrected chi connectivity index (χ3v) is 6.74. The fourth-order valence-electron chi connectivity index (χ4n) is 3.98. The summed E-state index contributed by atoms with van der Waals surface area (Å²) in [6.45, 7) is 0.437. The highest BCUT2D eigenvalue weighted by molar-refractivity contribution is 7.18. The Morgan fingerprint density at radius 1 is 1.03 bits per heavy atom. The number of aryl methyl sites for hydroxylation is 2. The molecule has 6 heteroatoms. The van der Waals surface area contributed by atoms with E-state index in [0.29, 0.717) is 12.1 Å². The first kappa shape index (κ1) is 18.8. The summed E-state index contributed by atoms with van der Waals surface area (Å²) >= 11 is 1.67. The first-order valence-corrected chi connectivity index (χ1v) is 11.0. The number of fused-ring (bicyclic) bond motifs is 3. The molecule has 0 saturated carbocycles. The molecule has 0 spiro atoms. The molecule has 5 nitrogen and oxygen atoms in total. The van der Waals surface area contributed by atoms with Gasteiger partial charge in [0.1, 0.15) is 4.83 Å². The molecular weight excluding hydrogens is 394 g/mol. The molecule has 2 aromatic carbocycles. The highest BCUT2D eigenvalue weighted by Crippen LogP contribution is 2.33. The Kier molecular flexibility index (Phi) is 4.93. The van der Waals surface area contributed by atoms with Crippen molar-refractivity contribution in [3.8, 4) is 0 Å². The van der Waals surface area contributed by atoms with Crippen molar-refractivity contribution in [1.82, 2.24) is 9.55 Å². The lowest BCUT2D eigenvalue weighted by molar-refractivity contribution is 0.102. The molecule has 0 radical (unpaired) electrons. The molecule has 1 amide bonds. The van der Waals surface area contributed by atoms with Crippen molar-refractivity contribution >= 4 is 33.1 Å². The molecule has 0 unspecified atom stereocenters. The number of nitrogens with zero attached hydrogens (tertiary/aromatic N) is 2. The summed E-state index contributed by atoms with van der Waals surface area (Å²) in [5.41, 5.74) is 3.54. The fourth-order valence-corrected chi connectivity index (χ4v) is 5.20. The summed E-state index contributed by atoms with van der Waals surface area (Å²) in [6.07, 6.45) is 6.00. The van der Waals surface area contributed by atoms with Crippen LogP contribution in [0.1, 0.15) is 39.2 Å². The Bertz CT molecular complexity index is 1270. The smallest absolute Gasteiger partial charge is 0.262 e. The molecule has 0 bridgehead atoms. The lowest BCUT2D eigenvalue weighted by atomic mass is 9.97. The summed E-state index contributed by atoms with van der Waals surface area (Å²) in [7, 11) is 0. The minimum atomic E-state index is -0.155. The van der Waals surface area contributed by atoms with Gasteiger partial charge in [-0.1, -0.05) is 30.3 Å².